The van der Waals surface area contributed by atoms with Crippen LogP contribution in [0, 0.1) is 6.92 Å². The molecule has 1 unspecified atom stereocenters. The highest BCUT2D eigenvalue weighted by molar-refractivity contribution is 6.31. The largest absolute Gasteiger partial charge is 0.481 e. The molecular formula is C18H21ClN2O2. The van der Waals surface area contributed by atoms with Crippen molar-refractivity contribution in [3.8, 4) is 5.75 Å². The number of nitrogens with one attached hydrogen (secondary N) is 1. The van der Waals surface area contributed by atoms with E-state index >= 15 is 0 Å². The molecule has 4 nitrogen and oxygen atoms in total. The molecule has 0 aliphatic heterocycles. The standard InChI is InChI=1S/C18H21ClN2O2/c1-12-11-16(7-8-17(12)19)23-13(2)18(22)21-10-9-14-3-5-15(20)6-4-14/h3-8,11,13H,9-10,20H2,1-2H3,(H,21,22). The van der Waals surface area contributed by atoms with E-state index in [0.717, 1.165) is 23.2 Å². The van der Waals surface area contributed by atoms with Crippen LogP contribution in [0.15, 0.2) is 42.5 Å². The molecule has 2 aromatic rings. The van der Waals surface area contributed by atoms with Crippen LogP contribution in [-0.4, -0.2) is 18.6 Å². The number of benzene rings is 2. The molecule has 1 atom stereocenters. The second kappa shape index (κ2) is 7.88. The van der Waals surface area contributed by atoms with Gasteiger partial charge in [0.1, 0.15) is 5.75 Å². The second-order valence-corrected chi connectivity index (χ2v) is 5.86. The first-order valence-electron chi connectivity index (χ1n) is 7.50. The third kappa shape index (κ3) is 5.18. The van der Waals surface area contributed by atoms with E-state index < -0.39 is 6.10 Å². The quantitative estimate of drug-likeness (QED) is 0.797. The fourth-order valence-electron chi connectivity index (χ4n) is 2.11. The summed E-state index contributed by atoms with van der Waals surface area (Å²) in [6, 6.07) is 13.0. The van der Waals surface area contributed by atoms with Crippen molar-refractivity contribution >= 4 is 23.2 Å². The number of hydrogen-bond acceptors (Lipinski definition) is 3. The summed E-state index contributed by atoms with van der Waals surface area (Å²) < 4.78 is 5.64. The summed E-state index contributed by atoms with van der Waals surface area (Å²) in [4.78, 5) is 12.1. The van der Waals surface area contributed by atoms with Crippen LogP contribution in [0.5, 0.6) is 5.75 Å². The molecule has 0 radical (unpaired) electrons. The van der Waals surface area contributed by atoms with Crippen LogP contribution < -0.4 is 15.8 Å². The Bertz CT molecular complexity index is 671. The van der Waals surface area contributed by atoms with Gasteiger partial charge in [-0.2, -0.15) is 0 Å². The maximum atomic E-state index is 12.1. The molecule has 3 N–H and O–H groups in total. The molecule has 2 aromatic carbocycles. The normalized spacial score (nSPS) is 11.8. The number of nitrogen functional groups attached to an aromatic ring is 1. The molecule has 0 spiro atoms. The van der Waals surface area contributed by atoms with Gasteiger partial charge in [-0.1, -0.05) is 23.7 Å². The van der Waals surface area contributed by atoms with Gasteiger partial charge < -0.3 is 15.8 Å². The fraction of sp³-hybridized carbons (Fsp3) is 0.278. The Morgan fingerprint density at radius 2 is 1.96 bits per heavy atom. The van der Waals surface area contributed by atoms with Crippen LogP contribution in [0.1, 0.15) is 18.1 Å². The number of anilines is 1. The molecular weight excluding hydrogens is 312 g/mol. The number of rotatable bonds is 6. The molecule has 2 rings (SSSR count). The molecule has 0 aliphatic carbocycles. The van der Waals surface area contributed by atoms with E-state index in [0.29, 0.717) is 17.3 Å². The minimum atomic E-state index is -0.568. The van der Waals surface area contributed by atoms with Crippen LogP contribution in [-0.2, 0) is 11.2 Å². The van der Waals surface area contributed by atoms with Gasteiger partial charge in [-0.3, -0.25) is 4.79 Å². The van der Waals surface area contributed by atoms with Gasteiger partial charge in [-0.05, 0) is 61.7 Å². The average Bonchev–Trinajstić information content (AvgIpc) is 2.52. The Morgan fingerprint density at radius 3 is 2.61 bits per heavy atom. The van der Waals surface area contributed by atoms with Crippen LogP contribution >= 0.6 is 11.6 Å². The van der Waals surface area contributed by atoms with Crippen LogP contribution in [0.2, 0.25) is 5.02 Å². The Kier molecular flexibility index (Phi) is 5.88. The van der Waals surface area contributed by atoms with Gasteiger partial charge >= 0.3 is 0 Å². The molecule has 122 valence electrons. The lowest BCUT2D eigenvalue weighted by atomic mass is 10.1. The van der Waals surface area contributed by atoms with E-state index in [1.54, 1.807) is 19.1 Å². The van der Waals surface area contributed by atoms with Crippen molar-refractivity contribution in [2.75, 3.05) is 12.3 Å². The van der Waals surface area contributed by atoms with Gasteiger partial charge in [0.05, 0.1) is 0 Å². The van der Waals surface area contributed by atoms with Crippen molar-refractivity contribution in [1.29, 1.82) is 0 Å². The lowest BCUT2D eigenvalue weighted by Crippen LogP contribution is -2.37. The van der Waals surface area contributed by atoms with E-state index in [-0.39, 0.29) is 5.91 Å². The SMILES string of the molecule is Cc1cc(OC(C)C(=O)NCCc2ccc(N)cc2)ccc1Cl. The molecule has 23 heavy (non-hydrogen) atoms. The van der Waals surface area contributed by atoms with Gasteiger partial charge in [-0.15, -0.1) is 0 Å². The fourth-order valence-corrected chi connectivity index (χ4v) is 2.22. The highest BCUT2D eigenvalue weighted by Crippen LogP contribution is 2.21. The van der Waals surface area contributed by atoms with Crippen molar-refractivity contribution in [3.63, 3.8) is 0 Å². The number of hydrogen-bond donors (Lipinski definition) is 2. The first-order valence-corrected chi connectivity index (χ1v) is 7.88. The maximum absolute atomic E-state index is 12.1. The Morgan fingerprint density at radius 1 is 1.26 bits per heavy atom. The predicted octanol–water partition coefficient (Wildman–Crippen LogP) is 3.36. The maximum Gasteiger partial charge on any atom is 0.260 e. The van der Waals surface area contributed by atoms with Crippen molar-refractivity contribution < 1.29 is 9.53 Å². The highest BCUT2D eigenvalue weighted by Gasteiger charge is 2.14. The summed E-state index contributed by atoms with van der Waals surface area (Å²) in [7, 11) is 0. The van der Waals surface area contributed by atoms with Crippen molar-refractivity contribution in [3.05, 3.63) is 58.6 Å². The molecule has 0 bridgehead atoms. The van der Waals surface area contributed by atoms with E-state index in [9.17, 15) is 4.79 Å². The van der Waals surface area contributed by atoms with Gasteiger partial charge in [0.2, 0.25) is 0 Å². The summed E-state index contributed by atoms with van der Waals surface area (Å²) in [5.41, 5.74) is 8.42. The molecule has 0 aliphatic rings. The van der Waals surface area contributed by atoms with Crippen LogP contribution in [0.25, 0.3) is 0 Å². The average molecular weight is 333 g/mol. The monoisotopic (exact) mass is 332 g/mol. The third-order valence-corrected chi connectivity index (χ3v) is 3.93. The zero-order valence-electron chi connectivity index (χ0n) is 13.3. The Labute approximate surface area is 141 Å². The van der Waals surface area contributed by atoms with Crippen LogP contribution in [0.3, 0.4) is 0 Å². The summed E-state index contributed by atoms with van der Waals surface area (Å²) in [5, 5.41) is 3.55. The van der Waals surface area contributed by atoms with E-state index in [1.165, 1.54) is 0 Å². The Balaban J connectivity index is 1.80. The smallest absolute Gasteiger partial charge is 0.260 e. The molecule has 5 heteroatoms. The number of ether oxygens (including phenoxy) is 1. The zero-order chi connectivity index (χ0) is 16.8. The number of amides is 1. The van der Waals surface area contributed by atoms with Gasteiger partial charge in [0.25, 0.3) is 5.91 Å². The van der Waals surface area contributed by atoms with Gasteiger partial charge in [0, 0.05) is 17.3 Å². The number of halogens is 1. The van der Waals surface area contributed by atoms with E-state index in [4.69, 9.17) is 22.1 Å². The van der Waals surface area contributed by atoms with E-state index in [2.05, 4.69) is 5.32 Å². The topological polar surface area (TPSA) is 64.3 Å². The molecule has 0 saturated carbocycles. The number of nitrogens with two attached hydrogens (primary N) is 1. The third-order valence-electron chi connectivity index (χ3n) is 3.50. The lowest BCUT2D eigenvalue weighted by molar-refractivity contribution is -0.127. The summed E-state index contributed by atoms with van der Waals surface area (Å²) in [6.07, 6.45) is 0.181. The van der Waals surface area contributed by atoms with Crippen molar-refractivity contribution in [2.24, 2.45) is 0 Å². The van der Waals surface area contributed by atoms with Gasteiger partial charge in [0.15, 0.2) is 6.10 Å². The number of carbonyl (C=O) groups excluding carboxylic acids is 1. The molecule has 0 fully saturated rings. The predicted molar refractivity (Wildman–Crippen MR) is 93.8 cm³/mol. The number of carbonyl (C=O) groups is 1. The molecule has 0 heterocycles. The first kappa shape index (κ1) is 17.2. The number of aryl methyl sites for hydroxylation is 1. The molecule has 0 aromatic heterocycles. The summed E-state index contributed by atoms with van der Waals surface area (Å²) in [6.45, 7) is 4.17. The second-order valence-electron chi connectivity index (χ2n) is 5.45. The van der Waals surface area contributed by atoms with Crippen molar-refractivity contribution in [2.45, 2.75) is 26.4 Å². The molecule has 1 amide bonds. The molecule has 0 saturated heterocycles. The van der Waals surface area contributed by atoms with Crippen molar-refractivity contribution in [1.82, 2.24) is 5.32 Å². The minimum Gasteiger partial charge on any atom is -0.481 e. The summed E-state index contributed by atoms with van der Waals surface area (Å²) in [5.74, 6) is 0.487. The lowest BCUT2D eigenvalue weighted by Gasteiger charge is -2.15. The highest BCUT2D eigenvalue weighted by atomic mass is 35.5. The van der Waals surface area contributed by atoms with Crippen LogP contribution in [0.4, 0.5) is 5.69 Å². The first-order chi connectivity index (χ1) is 11.0. The Hall–Kier alpha value is -2.20. The minimum absolute atomic E-state index is 0.145. The summed E-state index contributed by atoms with van der Waals surface area (Å²) >= 11 is 5.97. The zero-order valence-corrected chi connectivity index (χ0v) is 14.1. The van der Waals surface area contributed by atoms with E-state index in [1.807, 2.05) is 37.3 Å². The van der Waals surface area contributed by atoms with Gasteiger partial charge in [-0.25, -0.2) is 0 Å².